The zero-order valence-electron chi connectivity index (χ0n) is 9.06. The number of benzene rings is 2. The van der Waals surface area contributed by atoms with E-state index in [0.29, 0.717) is 11.3 Å². The minimum atomic E-state index is 0.539. The molecular weight excluding hydrogens is 278 g/mol. The first kappa shape index (κ1) is 11.7. The maximum Gasteiger partial charge on any atom is 0.145 e. The highest BCUT2D eigenvalue weighted by molar-refractivity contribution is 9.08. The van der Waals surface area contributed by atoms with E-state index in [1.807, 2.05) is 36.4 Å². The quantitative estimate of drug-likeness (QED) is 0.791. The average Bonchev–Trinajstić information content (AvgIpc) is 2.40. The van der Waals surface area contributed by atoms with Gasteiger partial charge in [0, 0.05) is 10.9 Å². The minimum absolute atomic E-state index is 0.539. The molecule has 0 saturated carbocycles. The van der Waals surface area contributed by atoms with E-state index in [4.69, 9.17) is 10.00 Å². The number of hydrogen-bond acceptors (Lipinski definition) is 2. The van der Waals surface area contributed by atoms with Crippen LogP contribution in [0.15, 0.2) is 48.5 Å². The number of alkyl halides is 1. The van der Waals surface area contributed by atoms with E-state index in [1.54, 1.807) is 12.1 Å². The third-order valence-electron chi connectivity index (χ3n) is 2.34. The van der Waals surface area contributed by atoms with Crippen molar-refractivity contribution in [3.8, 4) is 17.6 Å². The van der Waals surface area contributed by atoms with Crippen LogP contribution < -0.4 is 4.74 Å². The molecule has 3 heteroatoms. The van der Waals surface area contributed by atoms with Gasteiger partial charge in [0.05, 0.1) is 5.56 Å². The Hall–Kier alpha value is -1.79. The molecule has 0 aliphatic carbocycles. The number of nitriles is 1. The van der Waals surface area contributed by atoms with Crippen LogP contribution in [0.2, 0.25) is 0 Å². The fourth-order valence-corrected chi connectivity index (χ4v) is 1.94. The lowest BCUT2D eigenvalue weighted by Crippen LogP contribution is -1.91. The van der Waals surface area contributed by atoms with Crippen molar-refractivity contribution >= 4 is 15.9 Å². The molecule has 0 bridgehead atoms. The molecule has 0 N–H and O–H groups in total. The van der Waals surface area contributed by atoms with E-state index in [9.17, 15) is 0 Å². The molecule has 84 valence electrons. The Balaban J connectivity index is 2.35. The first-order valence-corrected chi connectivity index (χ1v) is 6.28. The molecule has 2 rings (SSSR count). The van der Waals surface area contributed by atoms with Crippen molar-refractivity contribution in [3.05, 3.63) is 59.7 Å². The number of ether oxygens (including phenoxy) is 1. The van der Waals surface area contributed by atoms with Crippen LogP contribution in [0.1, 0.15) is 11.1 Å². The monoisotopic (exact) mass is 287 g/mol. The van der Waals surface area contributed by atoms with E-state index in [2.05, 4.69) is 22.0 Å². The van der Waals surface area contributed by atoms with Gasteiger partial charge in [-0.15, -0.1) is 0 Å². The number of halogens is 1. The van der Waals surface area contributed by atoms with E-state index < -0.39 is 0 Å². The first-order chi connectivity index (χ1) is 8.35. The smallest absolute Gasteiger partial charge is 0.145 e. The summed E-state index contributed by atoms with van der Waals surface area (Å²) in [6.07, 6.45) is 0. The van der Waals surface area contributed by atoms with Crippen molar-refractivity contribution in [1.82, 2.24) is 0 Å². The minimum Gasteiger partial charge on any atom is -0.456 e. The fourth-order valence-electron chi connectivity index (χ4n) is 1.48. The molecule has 2 aromatic rings. The normalized spacial score (nSPS) is 9.65. The zero-order chi connectivity index (χ0) is 12.1. The summed E-state index contributed by atoms with van der Waals surface area (Å²) in [6.45, 7) is 0. The summed E-state index contributed by atoms with van der Waals surface area (Å²) in [7, 11) is 0. The maximum atomic E-state index is 8.98. The van der Waals surface area contributed by atoms with Gasteiger partial charge < -0.3 is 4.74 Å². The highest BCUT2D eigenvalue weighted by atomic mass is 79.9. The molecule has 0 spiro atoms. The molecule has 0 radical (unpaired) electrons. The van der Waals surface area contributed by atoms with Crippen LogP contribution >= 0.6 is 15.9 Å². The Labute approximate surface area is 109 Å². The van der Waals surface area contributed by atoms with E-state index in [1.165, 1.54) is 0 Å². The molecule has 2 aromatic carbocycles. The highest BCUT2D eigenvalue weighted by Gasteiger charge is 2.06. The Bertz CT molecular complexity index is 560. The van der Waals surface area contributed by atoms with E-state index >= 15 is 0 Å². The van der Waals surface area contributed by atoms with Crippen molar-refractivity contribution < 1.29 is 4.74 Å². The second kappa shape index (κ2) is 5.51. The molecule has 2 nitrogen and oxygen atoms in total. The summed E-state index contributed by atoms with van der Waals surface area (Å²) in [5.41, 5.74) is 1.59. The van der Waals surface area contributed by atoms with E-state index in [-0.39, 0.29) is 0 Å². The lowest BCUT2D eigenvalue weighted by Gasteiger charge is -2.10. The van der Waals surface area contributed by atoms with Crippen LogP contribution in [0.5, 0.6) is 11.5 Å². The zero-order valence-corrected chi connectivity index (χ0v) is 10.6. The topological polar surface area (TPSA) is 33.0 Å². The van der Waals surface area contributed by atoms with Crippen LogP contribution in [0.25, 0.3) is 0 Å². The molecule has 0 atom stereocenters. The van der Waals surface area contributed by atoms with Crippen LogP contribution in [0, 0.1) is 11.3 Å². The van der Waals surface area contributed by atoms with Crippen LogP contribution in [0.4, 0.5) is 0 Å². The summed E-state index contributed by atoms with van der Waals surface area (Å²) in [6, 6.07) is 17.1. The van der Waals surface area contributed by atoms with Crippen LogP contribution in [-0.4, -0.2) is 0 Å². The molecule has 0 amide bonds. The largest absolute Gasteiger partial charge is 0.456 e. The molecule has 0 aliphatic heterocycles. The van der Waals surface area contributed by atoms with Gasteiger partial charge >= 0.3 is 0 Å². The number of para-hydroxylation sites is 2. The predicted octanol–water partition coefficient (Wildman–Crippen LogP) is 4.25. The van der Waals surface area contributed by atoms with Gasteiger partial charge in [0.15, 0.2) is 0 Å². The average molecular weight is 288 g/mol. The molecule has 0 unspecified atom stereocenters. The number of rotatable bonds is 3. The first-order valence-electron chi connectivity index (χ1n) is 5.16. The van der Waals surface area contributed by atoms with Crippen LogP contribution in [0.3, 0.4) is 0 Å². The second-order valence-electron chi connectivity index (χ2n) is 3.45. The Kier molecular flexibility index (Phi) is 3.79. The third-order valence-corrected chi connectivity index (χ3v) is 2.95. The third kappa shape index (κ3) is 2.66. The molecular formula is C14H10BrNO. The maximum absolute atomic E-state index is 8.98. The van der Waals surface area contributed by atoms with Crippen molar-refractivity contribution in [3.63, 3.8) is 0 Å². The summed E-state index contributed by atoms with van der Waals surface area (Å²) in [5, 5.41) is 9.70. The van der Waals surface area contributed by atoms with Gasteiger partial charge in [-0.25, -0.2) is 0 Å². The molecule has 0 aliphatic rings. The van der Waals surface area contributed by atoms with Crippen molar-refractivity contribution in [2.24, 2.45) is 0 Å². The number of nitrogens with zero attached hydrogens (tertiary/aromatic N) is 1. The Morgan fingerprint density at radius 2 is 1.65 bits per heavy atom. The predicted molar refractivity (Wildman–Crippen MR) is 70.3 cm³/mol. The second-order valence-corrected chi connectivity index (χ2v) is 4.01. The van der Waals surface area contributed by atoms with Gasteiger partial charge in [0.25, 0.3) is 0 Å². The Morgan fingerprint density at radius 1 is 1.00 bits per heavy atom. The summed E-state index contributed by atoms with van der Waals surface area (Å²) >= 11 is 3.41. The van der Waals surface area contributed by atoms with E-state index in [0.717, 1.165) is 16.6 Å². The highest BCUT2D eigenvalue weighted by Crippen LogP contribution is 2.28. The SMILES string of the molecule is N#Cc1ccccc1Oc1ccccc1CBr. The van der Waals surface area contributed by atoms with Crippen molar-refractivity contribution in [2.75, 3.05) is 0 Å². The van der Waals surface area contributed by atoms with Gasteiger partial charge in [0.1, 0.15) is 17.6 Å². The lowest BCUT2D eigenvalue weighted by molar-refractivity contribution is 0.477. The lowest BCUT2D eigenvalue weighted by atomic mass is 10.2. The molecule has 0 aromatic heterocycles. The van der Waals surface area contributed by atoms with Gasteiger partial charge in [-0.1, -0.05) is 46.3 Å². The van der Waals surface area contributed by atoms with Gasteiger partial charge in [0.2, 0.25) is 0 Å². The summed E-state index contributed by atoms with van der Waals surface area (Å²) in [5.74, 6) is 1.36. The Morgan fingerprint density at radius 3 is 2.35 bits per heavy atom. The number of hydrogen-bond donors (Lipinski definition) is 0. The molecule has 0 fully saturated rings. The van der Waals surface area contributed by atoms with Gasteiger partial charge in [-0.3, -0.25) is 0 Å². The summed E-state index contributed by atoms with van der Waals surface area (Å²) in [4.78, 5) is 0. The molecule has 0 heterocycles. The van der Waals surface area contributed by atoms with Gasteiger partial charge in [-0.2, -0.15) is 5.26 Å². The fraction of sp³-hybridized carbons (Fsp3) is 0.0714. The molecule has 0 saturated heterocycles. The standard InChI is InChI=1S/C14H10BrNO/c15-9-11-5-1-3-7-13(11)17-14-8-4-2-6-12(14)10-16/h1-8H,9H2. The van der Waals surface area contributed by atoms with Crippen LogP contribution in [-0.2, 0) is 5.33 Å². The van der Waals surface area contributed by atoms with Gasteiger partial charge in [-0.05, 0) is 18.2 Å². The summed E-state index contributed by atoms with van der Waals surface area (Å²) < 4.78 is 5.77. The molecule has 17 heavy (non-hydrogen) atoms. The van der Waals surface area contributed by atoms with Crippen molar-refractivity contribution in [1.29, 1.82) is 5.26 Å². The van der Waals surface area contributed by atoms with Crippen molar-refractivity contribution in [2.45, 2.75) is 5.33 Å².